The summed E-state index contributed by atoms with van der Waals surface area (Å²) < 4.78 is 3.66. The van der Waals surface area contributed by atoms with E-state index in [1.807, 2.05) is 53.7 Å². The van der Waals surface area contributed by atoms with E-state index in [0.29, 0.717) is 19.5 Å². The van der Waals surface area contributed by atoms with Gasteiger partial charge >= 0.3 is 0 Å². The molecule has 1 N–H and O–H groups in total. The van der Waals surface area contributed by atoms with E-state index < -0.39 is 0 Å². The fourth-order valence-electron chi connectivity index (χ4n) is 2.57. The predicted octanol–water partition coefficient (Wildman–Crippen LogP) is 1.78. The highest BCUT2D eigenvalue weighted by atomic mass is 16.1. The Bertz CT molecular complexity index is 788. The summed E-state index contributed by atoms with van der Waals surface area (Å²) in [6.07, 6.45) is 2.19. The van der Waals surface area contributed by atoms with Gasteiger partial charge < -0.3 is 5.32 Å². The Morgan fingerprint density at radius 2 is 2.05 bits per heavy atom. The third kappa shape index (κ3) is 2.86. The van der Waals surface area contributed by atoms with Crippen LogP contribution in [0.1, 0.15) is 17.7 Å². The van der Waals surface area contributed by atoms with Crippen molar-refractivity contribution in [2.45, 2.75) is 26.4 Å². The van der Waals surface area contributed by atoms with Crippen LogP contribution in [0.15, 0.2) is 36.5 Å². The van der Waals surface area contributed by atoms with Gasteiger partial charge in [0.1, 0.15) is 11.0 Å². The number of aryl methyl sites for hydroxylation is 3. The molecule has 0 radical (unpaired) electrons. The van der Waals surface area contributed by atoms with E-state index in [1.165, 1.54) is 0 Å². The highest BCUT2D eigenvalue weighted by Gasteiger charge is 2.12. The Kier molecular flexibility index (Phi) is 3.91. The van der Waals surface area contributed by atoms with E-state index in [-0.39, 0.29) is 5.91 Å². The number of aromatic nitrogens is 4. The van der Waals surface area contributed by atoms with Crippen molar-refractivity contribution in [3.63, 3.8) is 0 Å². The van der Waals surface area contributed by atoms with Gasteiger partial charge in [0.2, 0.25) is 5.91 Å². The minimum Gasteiger partial charge on any atom is -0.352 e. The van der Waals surface area contributed by atoms with Crippen LogP contribution in [-0.4, -0.2) is 25.5 Å². The minimum atomic E-state index is 0.0223. The van der Waals surface area contributed by atoms with Gasteiger partial charge in [0.15, 0.2) is 0 Å². The molecular formula is C16H19N5O. The van der Waals surface area contributed by atoms with Crippen LogP contribution in [0.5, 0.6) is 0 Å². The molecular weight excluding hydrogens is 278 g/mol. The van der Waals surface area contributed by atoms with Crippen LogP contribution < -0.4 is 5.32 Å². The lowest BCUT2D eigenvalue weighted by atomic mass is 10.2. The van der Waals surface area contributed by atoms with Crippen LogP contribution in [0.3, 0.4) is 0 Å². The summed E-state index contributed by atoms with van der Waals surface area (Å²) in [5.74, 6) is 0.0223. The van der Waals surface area contributed by atoms with E-state index in [4.69, 9.17) is 0 Å². The van der Waals surface area contributed by atoms with Crippen LogP contribution in [0.2, 0.25) is 0 Å². The third-order valence-corrected chi connectivity index (χ3v) is 3.69. The summed E-state index contributed by atoms with van der Waals surface area (Å²) in [7, 11) is 1.90. The number of nitrogens with one attached hydrogen (secondary N) is 1. The zero-order valence-corrected chi connectivity index (χ0v) is 12.8. The third-order valence-electron chi connectivity index (χ3n) is 3.69. The first-order valence-electron chi connectivity index (χ1n) is 7.31. The summed E-state index contributed by atoms with van der Waals surface area (Å²) in [6.45, 7) is 3.06. The summed E-state index contributed by atoms with van der Waals surface area (Å²) in [5, 5.41) is 11.6. The maximum absolute atomic E-state index is 12.0. The molecule has 0 spiro atoms. The predicted molar refractivity (Wildman–Crippen MR) is 84.1 cm³/mol. The Hall–Kier alpha value is -2.63. The molecule has 3 aromatic rings. The number of rotatable bonds is 5. The lowest BCUT2D eigenvalue weighted by molar-refractivity contribution is -0.121. The van der Waals surface area contributed by atoms with Crippen LogP contribution >= 0.6 is 0 Å². The largest absolute Gasteiger partial charge is 0.352 e. The van der Waals surface area contributed by atoms with Gasteiger partial charge in [0.25, 0.3) is 0 Å². The van der Waals surface area contributed by atoms with Gasteiger partial charge in [0, 0.05) is 20.0 Å². The molecule has 6 nitrogen and oxygen atoms in total. The first-order chi connectivity index (χ1) is 10.6. The standard InChI is InChI=1S/C16H19N5O/c1-12-16-14(20(2)19-12)11-18-21(16)9-8-15(22)17-10-13-6-4-3-5-7-13/h3-7,11H,8-10H2,1-2H3,(H,17,22). The number of carbonyl (C=O) groups is 1. The molecule has 0 aliphatic rings. The molecule has 0 aliphatic heterocycles. The normalized spacial score (nSPS) is 11.0. The molecule has 22 heavy (non-hydrogen) atoms. The van der Waals surface area contributed by atoms with Crippen LogP contribution in [0, 0.1) is 6.92 Å². The topological polar surface area (TPSA) is 64.7 Å². The van der Waals surface area contributed by atoms with Gasteiger partial charge in [-0.15, -0.1) is 0 Å². The molecule has 6 heteroatoms. The van der Waals surface area contributed by atoms with E-state index in [9.17, 15) is 4.79 Å². The molecule has 1 amide bonds. The summed E-state index contributed by atoms with van der Waals surface area (Å²) in [6, 6.07) is 9.89. The molecule has 0 bridgehead atoms. The number of fused-ring (bicyclic) bond motifs is 1. The molecule has 0 saturated heterocycles. The second-order valence-corrected chi connectivity index (χ2v) is 5.32. The molecule has 0 unspecified atom stereocenters. The number of amides is 1. The van der Waals surface area contributed by atoms with Crippen molar-refractivity contribution in [1.82, 2.24) is 24.9 Å². The van der Waals surface area contributed by atoms with Gasteiger partial charge in [-0.3, -0.25) is 14.2 Å². The summed E-state index contributed by atoms with van der Waals surface area (Å²) >= 11 is 0. The van der Waals surface area contributed by atoms with Crippen molar-refractivity contribution in [2.75, 3.05) is 0 Å². The van der Waals surface area contributed by atoms with Crippen LogP contribution in [-0.2, 0) is 24.9 Å². The first-order valence-corrected chi connectivity index (χ1v) is 7.31. The maximum Gasteiger partial charge on any atom is 0.222 e. The number of carbonyl (C=O) groups excluding carboxylic acids is 1. The van der Waals surface area contributed by atoms with Gasteiger partial charge in [-0.05, 0) is 12.5 Å². The van der Waals surface area contributed by atoms with Gasteiger partial charge in [-0.25, -0.2) is 0 Å². The lowest BCUT2D eigenvalue weighted by Crippen LogP contribution is -2.24. The summed E-state index contributed by atoms with van der Waals surface area (Å²) in [4.78, 5) is 12.0. The van der Waals surface area contributed by atoms with Crippen LogP contribution in [0.4, 0.5) is 0 Å². The second-order valence-electron chi connectivity index (χ2n) is 5.32. The Morgan fingerprint density at radius 3 is 2.82 bits per heavy atom. The Morgan fingerprint density at radius 1 is 1.27 bits per heavy atom. The molecule has 2 aromatic heterocycles. The number of nitrogens with zero attached hydrogens (tertiary/aromatic N) is 4. The highest BCUT2D eigenvalue weighted by molar-refractivity contribution is 5.78. The molecule has 0 saturated carbocycles. The molecule has 0 fully saturated rings. The average Bonchev–Trinajstić information content (AvgIpc) is 3.07. The smallest absolute Gasteiger partial charge is 0.222 e. The zero-order chi connectivity index (χ0) is 15.5. The molecule has 114 valence electrons. The van der Waals surface area contributed by atoms with Gasteiger partial charge in [-0.2, -0.15) is 10.2 Å². The van der Waals surface area contributed by atoms with E-state index in [2.05, 4.69) is 15.5 Å². The number of benzene rings is 1. The number of hydrogen-bond acceptors (Lipinski definition) is 3. The highest BCUT2D eigenvalue weighted by Crippen LogP contribution is 2.16. The SMILES string of the molecule is Cc1nn(C)c2cnn(CCC(=O)NCc3ccccc3)c12. The van der Waals surface area contributed by atoms with E-state index in [0.717, 1.165) is 22.3 Å². The molecule has 0 atom stereocenters. The van der Waals surface area contributed by atoms with Gasteiger partial charge in [-0.1, -0.05) is 30.3 Å². The van der Waals surface area contributed by atoms with E-state index >= 15 is 0 Å². The molecule has 3 rings (SSSR count). The summed E-state index contributed by atoms with van der Waals surface area (Å²) in [5.41, 5.74) is 4.01. The quantitative estimate of drug-likeness (QED) is 0.781. The Balaban J connectivity index is 1.58. The van der Waals surface area contributed by atoms with Crippen molar-refractivity contribution in [2.24, 2.45) is 7.05 Å². The van der Waals surface area contributed by atoms with Crippen LogP contribution in [0.25, 0.3) is 11.0 Å². The fraction of sp³-hybridized carbons (Fsp3) is 0.312. The van der Waals surface area contributed by atoms with Crippen molar-refractivity contribution >= 4 is 16.9 Å². The molecule has 1 aromatic carbocycles. The lowest BCUT2D eigenvalue weighted by Gasteiger charge is -2.06. The maximum atomic E-state index is 12.0. The Labute approximate surface area is 128 Å². The first kappa shape index (κ1) is 14.3. The van der Waals surface area contributed by atoms with Gasteiger partial charge in [0.05, 0.1) is 18.4 Å². The fourth-order valence-corrected chi connectivity index (χ4v) is 2.57. The second kappa shape index (κ2) is 6.01. The zero-order valence-electron chi connectivity index (χ0n) is 12.8. The molecule has 2 heterocycles. The molecule has 0 aliphatic carbocycles. The van der Waals surface area contributed by atoms with Crippen molar-refractivity contribution in [1.29, 1.82) is 0 Å². The monoisotopic (exact) mass is 297 g/mol. The van der Waals surface area contributed by atoms with Crippen molar-refractivity contribution in [3.05, 3.63) is 47.8 Å². The van der Waals surface area contributed by atoms with E-state index in [1.54, 1.807) is 6.20 Å². The number of hydrogen-bond donors (Lipinski definition) is 1. The average molecular weight is 297 g/mol. The minimum absolute atomic E-state index is 0.0223. The van der Waals surface area contributed by atoms with Crippen molar-refractivity contribution in [3.8, 4) is 0 Å². The van der Waals surface area contributed by atoms with Crippen molar-refractivity contribution < 1.29 is 4.79 Å².